The van der Waals surface area contributed by atoms with Gasteiger partial charge in [0.2, 0.25) is 5.91 Å². The van der Waals surface area contributed by atoms with Crippen LogP contribution in [0.25, 0.3) is 0 Å². The lowest BCUT2D eigenvalue weighted by Gasteiger charge is -2.24. The van der Waals surface area contributed by atoms with Crippen LogP contribution in [0.2, 0.25) is 0 Å². The smallest absolute Gasteiger partial charge is 0.223 e. The van der Waals surface area contributed by atoms with Crippen molar-refractivity contribution in [2.75, 3.05) is 20.2 Å². The van der Waals surface area contributed by atoms with Crippen LogP contribution in [0, 0.1) is 5.92 Å². The molecule has 4 nitrogen and oxygen atoms in total. The first-order valence-corrected chi connectivity index (χ1v) is 9.77. The van der Waals surface area contributed by atoms with Gasteiger partial charge < -0.3 is 15.0 Å². The average Bonchev–Trinajstić information content (AvgIpc) is 3.33. The maximum atomic E-state index is 12.9. The van der Waals surface area contributed by atoms with E-state index in [2.05, 4.69) is 16.8 Å². The second-order valence-corrected chi connectivity index (χ2v) is 7.57. The number of nitrogens with zero attached hydrogens (tertiary/aromatic N) is 1. The van der Waals surface area contributed by atoms with Crippen molar-refractivity contribution in [1.29, 1.82) is 0 Å². The minimum atomic E-state index is 0.228. The van der Waals surface area contributed by atoms with E-state index >= 15 is 0 Å². The molecule has 0 saturated carbocycles. The average molecular weight is 359 g/mol. The molecule has 5 heteroatoms. The number of nitrogens with one attached hydrogen (secondary N) is 1. The molecule has 1 atom stereocenters. The molecule has 1 saturated heterocycles. The molecule has 1 aliphatic rings. The number of methoxy groups -OCH3 is 1. The van der Waals surface area contributed by atoms with Crippen LogP contribution in [-0.2, 0) is 17.9 Å². The summed E-state index contributed by atoms with van der Waals surface area (Å²) in [6.45, 7) is 3.38. The Balaban J connectivity index is 1.68. The van der Waals surface area contributed by atoms with Crippen LogP contribution < -0.4 is 10.1 Å². The van der Waals surface area contributed by atoms with Crippen LogP contribution in [0.3, 0.4) is 0 Å². The molecular weight excluding hydrogens is 332 g/mol. The number of hydrogen-bond acceptors (Lipinski definition) is 4. The van der Waals surface area contributed by atoms with Gasteiger partial charge in [-0.25, -0.2) is 0 Å². The van der Waals surface area contributed by atoms with Crippen LogP contribution in [0.4, 0.5) is 0 Å². The van der Waals surface area contributed by atoms with Gasteiger partial charge in [-0.15, -0.1) is 11.3 Å². The minimum absolute atomic E-state index is 0.228. The monoisotopic (exact) mass is 358 g/mol. The summed E-state index contributed by atoms with van der Waals surface area (Å²) in [4.78, 5) is 16.1. The highest BCUT2D eigenvalue weighted by molar-refractivity contribution is 7.09. The lowest BCUT2D eigenvalue weighted by atomic mass is 10.0. The molecule has 0 aliphatic carbocycles. The predicted octanol–water partition coefficient (Wildman–Crippen LogP) is 3.68. The molecule has 2 aromatic rings. The highest BCUT2D eigenvalue weighted by Crippen LogP contribution is 2.23. The number of carbonyl (C=O) groups is 1. The summed E-state index contributed by atoms with van der Waals surface area (Å²) < 4.78 is 5.46. The number of benzene rings is 1. The van der Waals surface area contributed by atoms with E-state index in [0.717, 1.165) is 30.8 Å². The van der Waals surface area contributed by atoms with E-state index in [9.17, 15) is 4.79 Å². The normalized spacial score (nSPS) is 16.8. The third kappa shape index (κ3) is 5.06. The van der Waals surface area contributed by atoms with Gasteiger partial charge in [0.25, 0.3) is 0 Å². The fourth-order valence-corrected chi connectivity index (χ4v) is 4.03. The maximum Gasteiger partial charge on any atom is 0.223 e. The molecule has 0 bridgehead atoms. The van der Waals surface area contributed by atoms with Gasteiger partial charge >= 0.3 is 0 Å². The minimum Gasteiger partial charge on any atom is -0.496 e. The van der Waals surface area contributed by atoms with E-state index in [-0.39, 0.29) is 5.91 Å². The molecule has 1 unspecified atom stereocenters. The van der Waals surface area contributed by atoms with Crippen molar-refractivity contribution in [2.24, 2.45) is 5.92 Å². The van der Waals surface area contributed by atoms with Crippen LogP contribution >= 0.6 is 11.3 Å². The highest BCUT2D eigenvalue weighted by Gasteiger charge is 2.20. The number of amides is 1. The van der Waals surface area contributed by atoms with Gasteiger partial charge in [0, 0.05) is 23.4 Å². The molecular formula is C20H26N2O2S. The molecule has 25 heavy (non-hydrogen) atoms. The van der Waals surface area contributed by atoms with Crippen molar-refractivity contribution in [3.8, 4) is 5.75 Å². The quantitative estimate of drug-likeness (QED) is 0.783. The van der Waals surface area contributed by atoms with Gasteiger partial charge in [0.1, 0.15) is 5.75 Å². The fraction of sp³-hybridized carbons (Fsp3) is 0.450. The van der Waals surface area contributed by atoms with Gasteiger partial charge in [-0.2, -0.15) is 0 Å². The van der Waals surface area contributed by atoms with E-state index in [1.54, 1.807) is 18.4 Å². The molecule has 2 heterocycles. The Morgan fingerprint density at radius 1 is 1.28 bits per heavy atom. The van der Waals surface area contributed by atoms with Crippen molar-refractivity contribution in [3.05, 3.63) is 52.2 Å². The zero-order valence-corrected chi connectivity index (χ0v) is 15.6. The molecule has 1 aromatic carbocycles. The SMILES string of the molecule is COc1ccccc1CN(Cc1cccs1)C(=O)CCC1CCNC1. The molecule has 0 radical (unpaired) electrons. The van der Waals surface area contributed by atoms with Crippen molar-refractivity contribution >= 4 is 17.2 Å². The van der Waals surface area contributed by atoms with Gasteiger partial charge in [-0.05, 0) is 49.4 Å². The summed E-state index contributed by atoms with van der Waals surface area (Å²) in [5, 5.41) is 5.44. The van der Waals surface area contributed by atoms with Crippen molar-refractivity contribution in [1.82, 2.24) is 10.2 Å². The Labute approximate surface area is 153 Å². The van der Waals surface area contributed by atoms with E-state index < -0.39 is 0 Å². The number of para-hydroxylation sites is 1. The second kappa shape index (κ2) is 9.02. The summed E-state index contributed by atoms with van der Waals surface area (Å²) in [6, 6.07) is 12.1. The van der Waals surface area contributed by atoms with Crippen LogP contribution in [0.5, 0.6) is 5.75 Å². The van der Waals surface area contributed by atoms with Crippen LogP contribution in [-0.4, -0.2) is 31.0 Å². The summed E-state index contributed by atoms with van der Waals surface area (Å²) in [6.07, 6.45) is 2.77. The second-order valence-electron chi connectivity index (χ2n) is 6.54. The predicted molar refractivity (Wildman–Crippen MR) is 102 cm³/mol. The van der Waals surface area contributed by atoms with Gasteiger partial charge in [-0.3, -0.25) is 4.79 Å². The molecule has 134 valence electrons. The molecule has 1 aromatic heterocycles. The largest absolute Gasteiger partial charge is 0.496 e. The van der Waals surface area contributed by atoms with E-state index in [0.29, 0.717) is 25.4 Å². The van der Waals surface area contributed by atoms with Crippen molar-refractivity contribution in [2.45, 2.75) is 32.4 Å². The fourth-order valence-electron chi connectivity index (χ4n) is 3.31. The number of ether oxygens (including phenoxy) is 1. The summed E-state index contributed by atoms with van der Waals surface area (Å²) >= 11 is 1.70. The van der Waals surface area contributed by atoms with E-state index in [1.807, 2.05) is 35.2 Å². The summed E-state index contributed by atoms with van der Waals surface area (Å²) in [5.74, 6) is 1.71. The van der Waals surface area contributed by atoms with Crippen molar-refractivity contribution in [3.63, 3.8) is 0 Å². The molecule has 3 rings (SSSR count). The van der Waals surface area contributed by atoms with E-state index in [4.69, 9.17) is 4.74 Å². The van der Waals surface area contributed by atoms with E-state index in [1.165, 1.54) is 11.3 Å². The van der Waals surface area contributed by atoms with Crippen LogP contribution in [0.1, 0.15) is 29.7 Å². The number of rotatable bonds is 8. The zero-order valence-electron chi connectivity index (χ0n) is 14.7. The highest BCUT2D eigenvalue weighted by atomic mass is 32.1. The summed E-state index contributed by atoms with van der Waals surface area (Å²) in [7, 11) is 1.68. The van der Waals surface area contributed by atoms with Gasteiger partial charge in [0.05, 0.1) is 13.7 Å². The topological polar surface area (TPSA) is 41.6 Å². The zero-order chi connectivity index (χ0) is 17.5. The lowest BCUT2D eigenvalue weighted by Crippen LogP contribution is -2.30. The molecule has 1 fully saturated rings. The first-order valence-electron chi connectivity index (χ1n) is 8.89. The standard InChI is InChI=1S/C20H26N2O2S/c1-24-19-7-3-2-5-17(19)14-22(15-18-6-4-12-25-18)20(23)9-8-16-10-11-21-13-16/h2-7,12,16,21H,8-11,13-15H2,1H3. The first-order chi connectivity index (χ1) is 12.3. The van der Waals surface area contributed by atoms with Gasteiger partial charge in [0.15, 0.2) is 0 Å². The molecule has 1 aliphatic heterocycles. The van der Waals surface area contributed by atoms with Gasteiger partial charge in [-0.1, -0.05) is 24.3 Å². The van der Waals surface area contributed by atoms with Crippen LogP contribution in [0.15, 0.2) is 41.8 Å². The number of thiophene rings is 1. The third-order valence-electron chi connectivity index (χ3n) is 4.76. The Hall–Kier alpha value is -1.85. The van der Waals surface area contributed by atoms with Crippen molar-refractivity contribution < 1.29 is 9.53 Å². The Kier molecular flexibility index (Phi) is 6.48. The Morgan fingerprint density at radius 3 is 2.88 bits per heavy atom. The Morgan fingerprint density at radius 2 is 2.16 bits per heavy atom. The molecule has 1 N–H and O–H groups in total. The first kappa shape index (κ1) is 18.0. The number of carbonyl (C=O) groups excluding carboxylic acids is 1. The number of hydrogen-bond donors (Lipinski definition) is 1. The maximum absolute atomic E-state index is 12.9. The molecule has 1 amide bonds. The third-order valence-corrected chi connectivity index (χ3v) is 5.62. The lowest BCUT2D eigenvalue weighted by molar-refractivity contribution is -0.132. The summed E-state index contributed by atoms with van der Waals surface area (Å²) in [5.41, 5.74) is 1.05. The Bertz CT molecular complexity index is 666. The molecule has 0 spiro atoms.